The Balaban J connectivity index is 1.30. The summed E-state index contributed by atoms with van der Waals surface area (Å²) in [7, 11) is 3.82. The fourth-order valence-corrected chi connectivity index (χ4v) is 5.86. The summed E-state index contributed by atoms with van der Waals surface area (Å²) >= 11 is 1.41. The van der Waals surface area contributed by atoms with Crippen molar-refractivity contribution in [1.82, 2.24) is 29.6 Å². The predicted molar refractivity (Wildman–Crippen MR) is 161 cm³/mol. The highest BCUT2D eigenvalue weighted by molar-refractivity contribution is 7.14. The Morgan fingerprint density at radius 3 is 2.66 bits per heavy atom. The number of pyridine rings is 1. The van der Waals surface area contributed by atoms with Crippen molar-refractivity contribution < 1.29 is 9.53 Å². The van der Waals surface area contributed by atoms with Gasteiger partial charge in [0.15, 0.2) is 5.01 Å². The van der Waals surface area contributed by atoms with Crippen LogP contribution in [-0.2, 0) is 4.74 Å². The van der Waals surface area contributed by atoms with E-state index >= 15 is 0 Å². The molecule has 4 heterocycles. The first-order valence-corrected chi connectivity index (χ1v) is 15.1. The highest BCUT2D eigenvalue weighted by atomic mass is 32.1. The van der Waals surface area contributed by atoms with Gasteiger partial charge >= 0.3 is 6.09 Å². The molecule has 0 aromatic carbocycles. The van der Waals surface area contributed by atoms with E-state index in [9.17, 15) is 9.59 Å². The van der Waals surface area contributed by atoms with Crippen LogP contribution in [0, 0.1) is 5.92 Å². The number of rotatable bonds is 8. The van der Waals surface area contributed by atoms with Crippen LogP contribution in [0.5, 0.6) is 0 Å². The van der Waals surface area contributed by atoms with E-state index in [2.05, 4.69) is 25.1 Å². The molecule has 1 unspecified atom stereocenters. The van der Waals surface area contributed by atoms with Crippen LogP contribution in [0.25, 0.3) is 10.7 Å². The van der Waals surface area contributed by atoms with Crippen LogP contribution in [-0.4, -0.2) is 81.1 Å². The number of carbonyl (C=O) groups is 1. The standard InChI is InChI=1S/C29H40N8O3S/c1-19(26-32-33-27(41-26)23-15-30-16-24(31-23)34(5)6)36-13-11-21(14-25(36)38)35-12-7-8-22(18-35)37(17-20-9-10-20)28(39)40-29(2,3)4/h11,13-16,19-20,22H,7-10,12,17-18H2,1-6H3/t19?,22-/m1/s1. The van der Waals surface area contributed by atoms with Crippen LogP contribution in [0.1, 0.15) is 64.4 Å². The summed E-state index contributed by atoms with van der Waals surface area (Å²) in [6, 6.07) is 3.43. The second kappa shape index (κ2) is 11.8. The number of carbonyl (C=O) groups excluding carboxylic acids is 1. The van der Waals surface area contributed by atoms with Crippen LogP contribution in [0.15, 0.2) is 35.5 Å². The molecule has 1 aliphatic heterocycles. The Kier molecular flexibility index (Phi) is 8.30. The van der Waals surface area contributed by atoms with Gasteiger partial charge in [0, 0.05) is 51.7 Å². The Morgan fingerprint density at radius 1 is 1.20 bits per heavy atom. The Bertz CT molecular complexity index is 1430. The molecular formula is C29H40N8O3S. The third kappa shape index (κ3) is 7.03. The highest BCUT2D eigenvalue weighted by Crippen LogP contribution is 2.33. The van der Waals surface area contributed by atoms with Gasteiger partial charge in [-0.05, 0) is 65.4 Å². The van der Waals surface area contributed by atoms with Crippen molar-refractivity contribution in [3.05, 3.63) is 46.1 Å². The second-order valence-electron chi connectivity index (χ2n) is 12.2. The minimum Gasteiger partial charge on any atom is -0.444 e. The Morgan fingerprint density at radius 2 is 1.98 bits per heavy atom. The molecule has 12 heteroatoms. The van der Waals surface area contributed by atoms with E-state index in [4.69, 9.17) is 4.74 Å². The van der Waals surface area contributed by atoms with Gasteiger partial charge in [0.25, 0.3) is 5.56 Å². The van der Waals surface area contributed by atoms with Crippen LogP contribution in [0.3, 0.4) is 0 Å². The maximum absolute atomic E-state index is 13.3. The first-order chi connectivity index (χ1) is 19.5. The van der Waals surface area contributed by atoms with Gasteiger partial charge in [-0.3, -0.25) is 9.78 Å². The fourth-order valence-electron chi connectivity index (χ4n) is 5.01. The number of hydrogen-bond donors (Lipinski definition) is 0. The Hall–Kier alpha value is -3.54. The van der Waals surface area contributed by atoms with Gasteiger partial charge in [-0.25, -0.2) is 9.78 Å². The molecular weight excluding hydrogens is 540 g/mol. The summed E-state index contributed by atoms with van der Waals surface area (Å²) < 4.78 is 7.45. The highest BCUT2D eigenvalue weighted by Gasteiger charge is 2.36. The monoisotopic (exact) mass is 580 g/mol. The molecule has 0 bridgehead atoms. The van der Waals surface area contributed by atoms with E-state index in [0.717, 1.165) is 55.3 Å². The summed E-state index contributed by atoms with van der Waals surface area (Å²) in [6.45, 7) is 9.92. The third-order valence-electron chi connectivity index (χ3n) is 7.43. The molecule has 2 fully saturated rings. The van der Waals surface area contributed by atoms with Gasteiger partial charge in [-0.1, -0.05) is 11.3 Å². The van der Waals surface area contributed by atoms with Crippen LogP contribution >= 0.6 is 11.3 Å². The molecule has 220 valence electrons. The molecule has 2 aliphatic rings. The molecule has 1 amide bonds. The normalized spacial score (nSPS) is 18.2. The lowest BCUT2D eigenvalue weighted by atomic mass is 10.0. The average molecular weight is 581 g/mol. The van der Waals surface area contributed by atoms with Gasteiger partial charge < -0.3 is 24.0 Å². The minimum atomic E-state index is -0.536. The molecule has 1 aliphatic carbocycles. The maximum Gasteiger partial charge on any atom is 0.410 e. The zero-order chi connectivity index (χ0) is 29.3. The number of ether oxygens (including phenoxy) is 1. The van der Waals surface area contributed by atoms with Crippen molar-refractivity contribution in [3.63, 3.8) is 0 Å². The van der Waals surface area contributed by atoms with Gasteiger partial charge in [0.2, 0.25) is 0 Å². The summed E-state index contributed by atoms with van der Waals surface area (Å²) in [6.07, 6.45) is 9.16. The van der Waals surface area contributed by atoms with Gasteiger partial charge in [0.05, 0.1) is 24.5 Å². The molecule has 5 rings (SSSR count). The summed E-state index contributed by atoms with van der Waals surface area (Å²) in [5, 5.41) is 10.1. The lowest BCUT2D eigenvalue weighted by Crippen LogP contribution is -2.52. The molecule has 11 nitrogen and oxygen atoms in total. The number of nitrogens with zero attached hydrogens (tertiary/aromatic N) is 8. The van der Waals surface area contributed by atoms with E-state index in [1.165, 1.54) is 11.3 Å². The van der Waals surface area contributed by atoms with E-state index in [1.54, 1.807) is 23.0 Å². The average Bonchev–Trinajstić information content (AvgIpc) is 3.62. The van der Waals surface area contributed by atoms with E-state index in [0.29, 0.717) is 23.2 Å². The van der Waals surface area contributed by atoms with Crippen LogP contribution in [0.4, 0.5) is 16.3 Å². The van der Waals surface area contributed by atoms with Crippen molar-refractivity contribution in [1.29, 1.82) is 0 Å². The van der Waals surface area contributed by atoms with Crippen LogP contribution < -0.4 is 15.4 Å². The fraction of sp³-hybridized carbons (Fsp3) is 0.586. The second-order valence-corrected chi connectivity index (χ2v) is 13.2. The molecule has 0 radical (unpaired) electrons. The first-order valence-electron chi connectivity index (χ1n) is 14.3. The smallest absolute Gasteiger partial charge is 0.410 e. The van der Waals surface area contributed by atoms with E-state index in [1.807, 2.05) is 63.9 Å². The topological polar surface area (TPSA) is 110 Å². The number of piperidine rings is 1. The molecule has 2 atom stereocenters. The predicted octanol–water partition coefficient (Wildman–Crippen LogP) is 4.45. The van der Waals surface area contributed by atoms with Crippen LogP contribution in [0.2, 0.25) is 0 Å². The van der Waals surface area contributed by atoms with Crippen molar-refractivity contribution in [2.75, 3.05) is 43.5 Å². The summed E-state index contributed by atoms with van der Waals surface area (Å²) in [5.74, 6) is 1.30. The summed E-state index contributed by atoms with van der Waals surface area (Å²) in [4.78, 5) is 41.3. The Labute approximate surface area is 245 Å². The number of amides is 1. The number of anilines is 2. The van der Waals surface area contributed by atoms with Gasteiger partial charge in [-0.15, -0.1) is 10.2 Å². The van der Waals surface area contributed by atoms with Gasteiger partial charge in [-0.2, -0.15) is 0 Å². The first kappa shape index (κ1) is 29.0. The zero-order valence-electron chi connectivity index (χ0n) is 24.8. The molecule has 1 saturated carbocycles. The van der Waals surface area contributed by atoms with E-state index < -0.39 is 5.60 Å². The molecule has 41 heavy (non-hydrogen) atoms. The van der Waals surface area contributed by atoms with Crippen molar-refractivity contribution in [2.45, 2.75) is 71.1 Å². The number of aromatic nitrogens is 5. The lowest BCUT2D eigenvalue weighted by Gasteiger charge is -2.40. The quantitative estimate of drug-likeness (QED) is 0.382. The molecule has 3 aromatic heterocycles. The molecule has 0 N–H and O–H groups in total. The number of hydrogen-bond acceptors (Lipinski definition) is 10. The molecule has 3 aromatic rings. The van der Waals surface area contributed by atoms with Gasteiger partial charge in [0.1, 0.15) is 22.1 Å². The summed E-state index contributed by atoms with van der Waals surface area (Å²) in [5.41, 5.74) is 0.875. The lowest BCUT2D eigenvalue weighted by molar-refractivity contribution is 0.0134. The molecule has 1 saturated heterocycles. The van der Waals surface area contributed by atoms with Crippen molar-refractivity contribution in [3.8, 4) is 10.7 Å². The third-order valence-corrected chi connectivity index (χ3v) is 8.54. The van der Waals surface area contributed by atoms with Crippen molar-refractivity contribution in [2.24, 2.45) is 5.92 Å². The zero-order valence-corrected chi connectivity index (χ0v) is 25.6. The maximum atomic E-state index is 13.3. The van der Waals surface area contributed by atoms with E-state index in [-0.39, 0.29) is 23.7 Å². The largest absolute Gasteiger partial charge is 0.444 e. The molecule has 0 spiro atoms. The minimum absolute atomic E-state index is 0.0504. The SMILES string of the molecule is CC(c1nnc(-c2cncc(N(C)C)n2)s1)n1ccc(N2CCC[C@@H](N(CC3CC3)C(=O)OC(C)(C)C)C2)cc1=O. The van der Waals surface area contributed by atoms with Crippen molar-refractivity contribution >= 4 is 28.9 Å².